The van der Waals surface area contributed by atoms with Gasteiger partial charge in [-0.3, -0.25) is 0 Å². The van der Waals surface area contributed by atoms with Crippen molar-refractivity contribution in [2.45, 2.75) is 57.8 Å². The molecule has 4 heteroatoms. The summed E-state index contributed by atoms with van der Waals surface area (Å²) in [5.74, 6) is 0.690. The number of allylic oxidation sites excluding steroid dienone is 2. The smallest absolute Gasteiger partial charge is 0.218 e. The van der Waals surface area contributed by atoms with Gasteiger partial charge in [-0.05, 0) is 18.2 Å². The molecule has 1 rings (SSSR count). The Morgan fingerprint density at radius 2 is 1.70 bits per heavy atom. The SMILES string of the molecule is C[Si](C)(C)CC(=CC/C=N/c1ccco1)C[Si](C)(C)C. The largest absolute Gasteiger partial charge is 0.447 e. The Kier molecular flexibility index (Phi) is 6.20. The Morgan fingerprint density at radius 3 is 2.15 bits per heavy atom. The van der Waals surface area contributed by atoms with Gasteiger partial charge in [-0.15, -0.1) is 0 Å². The normalized spacial score (nSPS) is 12.9. The molecule has 0 saturated heterocycles. The third kappa shape index (κ3) is 8.33. The van der Waals surface area contributed by atoms with E-state index < -0.39 is 16.1 Å². The summed E-state index contributed by atoms with van der Waals surface area (Å²) in [5.41, 5.74) is 1.65. The number of rotatable bonds is 7. The van der Waals surface area contributed by atoms with Crippen LogP contribution >= 0.6 is 0 Å². The van der Waals surface area contributed by atoms with Gasteiger partial charge in [0.05, 0.1) is 6.26 Å². The third-order valence-corrected chi connectivity index (χ3v) is 5.78. The molecule has 0 aliphatic rings. The monoisotopic (exact) mass is 307 g/mol. The molecule has 0 radical (unpaired) electrons. The van der Waals surface area contributed by atoms with Gasteiger partial charge in [-0.2, -0.15) is 0 Å². The second kappa shape index (κ2) is 7.22. The molecule has 0 bridgehead atoms. The van der Waals surface area contributed by atoms with Crippen LogP contribution in [-0.2, 0) is 0 Å². The maximum absolute atomic E-state index is 5.20. The lowest BCUT2D eigenvalue weighted by Gasteiger charge is -2.23. The first-order chi connectivity index (χ1) is 9.16. The van der Waals surface area contributed by atoms with Crippen LogP contribution in [0.2, 0.25) is 51.4 Å². The van der Waals surface area contributed by atoms with Gasteiger partial charge in [0.15, 0.2) is 0 Å². The molecule has 1 heterocycles. The molecule has 1 aromatic rings. The fraction of sp³-hybridized carbons (Fsp3) is 0.562. The van der Waals surface area contributed by atoms with Crippen molar-refractivity contribution in [2.75, 3.05) is 0 Å². The van der Waals surface area contributed by atoms with Gasteiger partial charge in [0, 0.05) is 34.8 Å². The minimum absolute atomic E-state index is 0.690. The van der Waals surface area contributed by atoms with Crippen molar-refractivity contribution in [1.82, 2.24) is 0 Å². The average Bonchev–Trinajstić information content (AvgIpc) is 2.72. The summed E-state index contributed by atoms with van der Waals surface area (Å²) in [6, 6.07) is 6.37. The minimum Gasteiger partial charge on any atom is -0.447 e. The molecular weight excluding hydrogens is 278 g/mol. The lowest BCUT2D eigenvalue weighted by molar-refractivity contribution is 0.578. The molecule has 0 amide bonds. The molecule has 0 aromatic carbocycles. The summed E-state index contributed by atoms with van der Waals surface area (Å²) in [5, 5.41) is 0. The fourth-order valence-corrected chi connectivity index (χ4v) is 5.79. The van der Waals surface area contributed by atoms with Crippen molar-refractivity contribution in [1.29, 1.82) is 0 Å². The molecule has 0 unspecified atom stereocenters. The number of aliphatic imine (C=N–C) groups is 1. The molecule has 0 aliphatic carbocycles. The predicted octanol–water partition coefficient (Wildman–Crippen LogP) is 5.97. The van der Waals surface area contributed by atoms with Crippen LogP contribution in [0.1, 0.15) is 6.42 Å². The molecule has 0 aliphatic heterocycles. The van der Waals surface area contributed by atoms with E-state index in [1.165, 1.54) is 12.1 Å². The highest BCUT2D eigenvalue weighted by Gasteiger charge is 2.20. The molecule has 20 heavy (non-hydrogen) atoms. The molecule has 0 fully saturated rings. The van der Waals surface area contributed by atoms with Gasteiger partial charge in [0.25, 0.3) is 0 Å². The maximum Gasteiger partial charge on any atom is 0.218 e. The highest BCUT2D eigenvalue weighted by Crippen LogP contribution is 2.25. The Bertz CT molecular complexity index is 430. The van der Waals surface area contributed by atoms with Crippen LogP contribution in [0, 0.1) is 0 Å². The van der Waals surface area contributed by atoms with E-state index in [1.807, 2.05) is 18.3 Å². The summed E-state index contributed by atoms with van der Waals surface area (Å²) >= 11 is 0. The van der Waals surface area contributed by atoms with E-state index >= 15 is 0 Å². The summed E-state index contributed by atoms with van der Waals surface area (Å²) in [6.45, 7) is 14.7. The number of hydrogen-bond donors (Lipinski definition) is 0. The zero-order valence-corrected chi connectivity index (χ0v) is 15.9. The number of hydrogen-bond acceptors (Lipinski definition) is 2. The van der Waals surface area contributed by atoms with Crippen LogP contribution in [-0.4, -0.2) is 22.4 Å². The van der Waals surface area contributed by atoms with Crippen molar-refractivity contribution in [3.8, 4) is 0 Å². The molecule has 2 nitrogen and oxygen atoms in total. The highest BCUT2D eigenvalue weighted by molar-refractivity contribution is 6.78. The first-order valence-corrected chi connectivity index (χ1v) is 14.8. The zero-order valence-electron chi connectivity index (χ0n) is 13.9. The van der Waals surface area contributed by atoms with E-state index in [1.54, 1.807) is 11.8 Å². The number of furan rings is 1. The minimum atomic E-state index is -1.04. The van der Waals surface area contributed by atoms with Gasteiger partial charge in [-0.25, -0.2) is 4.99 Å². The van der Waals surface area contributed by atoms with E-state index in [2.05, 4.69) is 50.4 Å². The fourth-order valence-electron chi connectivity index (χ4n) is 2.27. The highest BCUT2D eigenvalue weighted by atomic mass is 28.3. The van der Waals surface area contributed by atoms with E-state index in [0.717, 1.165) is 6.42 Å². The van der Waals surface area contributed by atoms with Crippen molar-refractivity contribution in [2.24, 2.45) is 4.99 Å². The van der Waals surface area contributed by atoms with Crippen molar-refractivity contribution < 1.29 is 4.42 Å². The van der Waals surface area contributed by atoms with Gasteiger partial charge in [0.2, 0.25) is 5.88 Å². The molecular formula is C16H29NOSi2. The lowest BCUT2D eigenvalue weighted by Crippen LogP contribution is -2.25. The Hall–Kier alpha value is -0.876. The van der Waals surface area contributed by atoms with Gasteiger partial charge in [0.1, 0.15) is 0 Å². The molecule has 112 valence electrons. The first-order valence-electron chi connectivity index (χ1n) is 7.40. The lowest BCUT2D eigenvalue weighted by atomic mass is 10.3. The van der Waals surface area contributed by atoms with Crippen LogP contribution in [0.15, 0.2) is 39.5 Å². The van der Waals surface area contributed by atoms with E-state index in [9.17, 15) is 0 Å². The van der Waals surface area contributed by atoms with Crippen LogP contribution in [0.3, 0.4) is 0 Å². The quantitative estimate of drug-likeness (QED) is 0.346. The van der Waals surface area contributed by atoms with E-state index in [0.29, 0.717) is 5.88 Å². The second-order valence-corrected chi connectivity index (χ2v) is 18.8. The number of nitrogens with zero attached hydrogens (tertiary/aromatic N) is 1. The predicted molar refractivity (Wildman–Crippen MR) is 95.9 cm³/mol. The summed E-state index contributed by atoms with van der Waals surface area (Å²) in [4.78, 5) is 4.32. The molecule has 0 atom stereocenters. The van der Waals surface area contributed by atoms with E-state index in [-0.39, 0.29) is 0 Å². The van der Waals surface area contributed by atoms with Crippen LogP contribution in [0.25, 0.3) is 0 Å². The second-order valence-electron chi connectivity index (χ2n) is 7.84. The van der Waals surface area contributed by atoms with Gasteiger partial charge >= 0.3 is 0 Å². The Labute approximate surface area is 126 Å². The standard InChI is InChI=1S/C16H29NOSi2/c1-19(2,3)13-15(14-20(4,5)6)9-7-11-17-16-10-8-12-18-16/h8-12H,7,13-14H2,1-6H3/b17-11+. The Morgan fingerprint density at radius 1 is 1.10 bits per heavy atom. The van der Waals surface area contributed by atoms with Crippen molar-refractivity contribution in [3.63, 3.8) is 0 Å². The molecule has 0 N–H and O–H groups in total. The van der Waals surface area contributed by atoms with E-state index in [4.69, 9.17) is 4.42 Å². The van der Waals surface area contributed by atoms with Crippen LogP contribution in [0.5, 0.6) is 0 Å². The Balaban J connectivity index is 2.64. The van der Waals surface area contributed by atoms with Crippen LogP contribution < -0.4 is 0 Å². The molecule has 0 saturated carbocycles. The average molecular weight is 308 g/mol. The molecule has 0 spiro atoms. The summed E-state index contributed by atoms with van der Waals surface area (Å²) in [6.07, 6.45) is 6.91. The van der Waals surface area contributed by atoms with Crippen molar-refractivity contribution in [3.05, 3.63) is 30.0 Å². The first kappa shape index (κ1) is 17.2. The van der Waals surface area contributed by atoms with Gasteiger partial charge < -0.3 is 4.42 Å². The topological polar surface area (TPSA) is 25.5 Å². The summed E-state index contributed by atoms with van der Waals surface area (Å²) in [7, 11) is -2.08. The summed E-state index contributed by atoms with van der Waals surface area (Å²) < 4.78 is 5.20. The zero-order chi connectivity index (χ0) is 15.2. The maximum atomic E-state index is 5.20. The van der Waals surface area contributed by atoms with Gasteiger partial charge in [-0.1, -0.05) is 50.9 Å². The van der Waals surface area contributed by atoms with Crippen LogP contribution in [0.4, 0.5) is 5.88 Å². The molecule has 1 aromatic heterocycles. The van der Waals surface area contributed by atoms with Crippen molar-refractivity contribution >= 4 is 28.2 Å². The third-order valence-electron chi connectivity index (χ3n) is 2.75.